The fraction of sp³-hybridized carbons (Fsp3) is 0.0833. The molecule has 0 unspecified atom stereocenters. The molecule has 0 spiro atoms. The average molecular weight is 297 g/mol. The molecule has 2 heterocycles. The highest BCUT2D eigenvalue weighted by Gasteiger charge is 2.16. The topological polar surface area (TPSA) is 52.3 Å². The first-order valence-electron chi connectivity index (χ1n) is 5.55. The van der Waals surface area contributed by atoms with Crippen LogP contribution in [0.25, 0.3) is 5.78 Å². The van der Waals surface area contributed by atoms with Crippen LogP contribution in [-0.2, 0) is 0 Å². The lowest BCUT2D eigenvalue weighted by Gasteiger charge is -2.11. The van der Waals surface area contributed by atoms with E-state index >= 15 is 0 Å². The molecule has 0 bridgehead atoms. The van der Waals surface area contributed by atoms with Crippen LogP contribution < -0.4 is 4.74 Å². The molecule has 3 aromatic rings. The van der Waals surface area contributed by atoms with Gasteiger partial charge in [0, 0.05) is 11.6 Å². The van der Waals surface area contributed by atoms with E-state index < -0.39 is 11.6 Å². The van der Waals surface area contributed by atoms with E-state index in [1.165, 1.54) is 16.9 Å². The number of halogens is 3. The van der Waals surface area contributed by atoms with Gasteiger partial charge in [-0.15, -0.1) is 0 Å². The van der Waals surface area contributed by atoms with Crippen LogP contribution >= 0.6 is 11.6 Å². The molecule has 0 aliphatic rings. The highest BCUT2D eigenvalue weighted by Crippen LogP contribution is 2.30. The predicted molar refractivity (Wildman–Crippen MR) is 67.0 cm³/mol. The van der Waals surface area contributed by atoms with Crippen LogP contribution in [0.3, 0.4) is 0 Å². The van der Waals surface area contributed by atoms with Gasteiger partial charge in [0.1, 0.15) is 17.3 Å². The summed E-state index contributed by atoms with van der Waals surface area (Å²) in [6.45, 7) is 1.65. The van der Waals surface area contributed by atoms with E-state index in [1.807, 2.05) is 0 Å². The zero-order valence-corrected chi connectivity index (χ0v) is 10.9. The molecular weight excluding hydrogens is 290 g/mol. The van der Waals surface area contributed by atoms with Crippen LogP contribution in [0.15, 0.2) is 24.5 Å². The minimum atomic E-state index is -0.828. The smallest absolute Gasteiger partial charge is 0.256 e. The second kappa shape index (κ2) is 4.68. The number of fused-ring (bicyclic) bond motifs is 1. The molecule has 0 saturated carbocycles. The highest BCUT2D eigenvalue weighted by atomic mass is 35.5. The van der Waals surface area contributed by atoms with Gasteiger partial charge >= 0.3 is 0 Å². The number of rotatable bonds is 2. The van der Waals surface area contributed by atoms with Crippen LogP contribution in [0, 0.1) is 18.6 Å². The first-order valence-corrected chi connectivity index (χ1v) is 5.93. The SMILES string of the molecule is Cc1c(Cl)nc2ncnn2c1Oc1ccc(F)cc1F. The van der Waals surface area contributed by atoms with Crippen molar-refractivity contribution in [1.82, 2.24) is 19.6 Å². The lowest BCUT2D eigenvalue weighted by atomic mass is 10.3. The van der Waals surface area contributed by atoms with Crippen molar-refractivity contribution in [3.05, 3.63) is 46.9 Å². The summed E-state index contributed by atoms with van der Waals surface area (Å²) in [5.41, 5.74) is 0.466. The van der Waals surface area contributed by atoms with E-state index in [0.29, 0.717) is 5.56 Å². The zero-order valence-electron chi connectivity index (χ0n) is 10.1. The standard InChI is InChI=1S/C12H7ClF2N4O/c1-6-10(13)18-12-16-5-17-19(12)11(6)20-9-3-2-7(14)4-8(9)15/h2-5H,1H3. The first kappa shape index (κ1) is 12.7. The second-order valence-corrected chi connectivity index (χ2v) is 4.34. The Hall–Kier alpha value is -2.28. The predicted octanol–water partition coefficient (Wildman–Crippen LogP) is 3.16. The van der Waals surface area contributed by atoms with Crippen molar-refractivity contribution in [2.24, 2.45) is 0 Å². The van der Waals surface area contributed by atoms with Crippen LogP contribution in [-0.4, -0.2) is 19.6 Å². The van der Waals surface area contributed by atoms with E-state index in [-0.39, 0.29) is 22.6 Å². The molecule has 0 radical (unpaired) electrons. The van der Waals surface area contributed by atoms with Crippen molar-refractivity contribution in [3.63, 3.8) is 0 Å². The van der Waals surface area contributed by atoms with Gasteiger partial charge in [-0.05, 0) is 19.1 Å². The van der Waals surface area contributed by atoms with E-state index in [9.17, 15) is 8.78 Å². The van der Waals surface area contributed by atoms with Crippen LogP contribution in [0.1, 0.15) is 5.56 Å². The number of ether oxygens (including phenoxy) is 1. The maximum Gasteiger partial charge on any atom is 0.256 e. The molecule has 102 valence electrons. The van der Waals surface area contributed by atoms with Crippen molar-refractivity contribution >= 4 is 17.4 Å². The van der Waals surface area contributed by atoms with Gasteiger partial charge in [-0.2, -0.15) is 19.6 Å². The van der Waals surface area contributed by atoms with Gasteiger partial charge in [-0.3, -0.25) is 0 Å². The third-order valence-electron chi connectivity index (χ3n) is 2.65. The van der Waals surface area contributed by atoms with Gasteiger partial charge in [-0.1, -0.05) is 11.6 Å². The molecule has 0 amide bonds. The molecule has 0 fully saturated rings. The zero-order chi connectivity index (χ0) is 14.3. The van der Waals surface area contributed by atoms with E-state index in [4.69, 9.17) is 16.3 Å². The van der Waals surface area contributed by atoms with Crippen LogP contribution in [0.2, 0.25) is 5.15 Å². The lowest BCUT2D eigenvalue weighted by molar-refractivity contribution is 0.408. The second-order valence-electron chi connectivity index (χ2n) is 3.98. The molecule has 8 heteroatoms. The summed E-state index contributed by atoms with van der Waals surface area (Å²) >= 11 is 5.95. The number of hydrogen-bond acceptors (Lipinski definition) is 4. The van der Waals surface area contributed by atoms with Gasteiger partial charge < -0.3 is 4.74 Å². The van der Waals surface area contributed by atoms with Gasteiger partial charge in [0.2, 0.25) is 5.88 Å². The van der Waals surface area contributed by atoms with Crippen molar-refractivity contribution in [2.75, 3.05) is 0 Å². The van der Waals surface area contributed by atoms with Gasteiger partial charge in [0.05, 0.1) is 0 Å². The Kier molecular flexibility index (Phi) is 2.98. The van der Waals surface area contributed by atoms with E-state index in [0.717, 1.165) is 12.1 Å². The molecule has 3 rings (SSSR count). The van der Waals surface area contributed by atoms with Crippen molar-refractivity contribution < 1.29 is 13.5 Å². The highest BCUT2D eigenvalue weighted by molar-refractivity contribution is 6.30. The first-order chi connectivity index (χ1) is 9.56. The van der Waals surface area contributed by atoms with Crippen molar-refractivity contribution in [2.45, 2.75) is 6.92 Å². The fourth-order valence-corrected chi connectivity index (χ4v) is 1.81. The number of hydrogen-bond donors (Lipinski definition) is 0. The molecular formula is C12H7ClF2N4O. The Morgan fingerprint density at radius 1 is 1.30 bits per heavy atom. The minimum absolute atomic E-state index is 0.145. The summed E-state index contributed by atoms with van der Waals surface area (Å²) in [6.07, 6.45) is 1.27. The molecule has 0 aliphatic heterocycles. The summed E-state index contributed by atoms with van der Waals surface area (Å²) in [4.78, 5) is 7.88. The Balaban J connectivity index is 2.14. The summed E-state index contributed by atoms with van der Waals surface area (Å²) in [5, 5.41) is 4.10. The quantitative estimate of drug-likeness (QED) is 0.682. The number of nitrogens with zero attached hydrogens (tertiary/aromatic N) is 4. The minimum Gasteiger partial charge on any atom is -0.435 e. The largest absolute Gasteiger partial charge is 0.435 e. The number of aromatic nitrogens is 4. The Morgan fingerprint density at radius 2 is 2.10 bits per heavy atom. The molecule has 2 aromatic heterocycles. The molecule has 0 atom stereocenters. The molecule has 0 saturated heterocycles. The maximum atomic E-state index is 13.6. The van der Waals surface area contributed by atoms with Crippen molar-refractivity contribution in [1.29, 1.82) is 0 Å². The van der Waals surface area contributed by atoms with E-state index in [1.54, 1.807) is 6.92 Å². The average Bonchev–Trinajstić information content (AvgIpc) is 2.85. The summed E-state index contributed by atoms with van der Waals surface area (Å²) in [6, 6.07) is 3.00. The van der Waals surface area contributed by atoms with Crippen LogP contribution in [0.4, 0.5) is 8.78 Å². The Bertz CT molecular complexity index is 805. The maximum absolute atomic E-state index is 13.6. The molecule has 0 aliphatic carbocycles. The van der Waals surface area contributed by atoms with Crippen LogP contribution in [0.5, 0.6) is 11.6 Å². The summed E-state index contributed by atoms with van der Waals surface area (Å²) in [7, 11) is 0. The van der Waals surface area contributed by atoms with Gasteiger partial charge in [0.25, 0.3) is 5.78 Å². The van der Waals surface area contributed by atoms with Gasteiger partial charge in [-0.25, -0.2) is 8.78 Å². The lowest BCUT2D eigenvalue weighted by Crippen LogP contribution is -2.02. The third kappa shape index (κ3) is 2.05. The molecule has 5 nitrogen and oxygen atoms in total. The normalized spacial score (nSPS) is 11.0. The Labute approximate surface area is 116 Å². The van der Waals surface area contributed by atoms with E-state index in [2.05, 4.69) is 15.1 Å². The summed E-state index contributed by atoms with van der Waals surface area (Å²) < 4.78 is 33.2. The fourth-order valence-electron chi connectivity index (χ4n) is 1.66. The monoisotopic (exact) mass is 296 g/mol. The number of benzene rings is 1. The van der Waals surface area contributed by atoms with Gasteiger partial charge in [0.15, 0.2) is 11.6 Å². The third-order valence-corrected chi connectivity index (χ3v) is 3.02. The molecule has 0 N–H and O–H groups in total. The summed E-state index contributed by atoms with van der Waals surface area (Å²) in [5.74, 6) is -1.27. The molecule has 1 aromatic carbocycles. The Morgan fingerprint density at radius 3 is 2.85 bits per heavy atom. The molecule has 20 heavy (non-hydrogen) atoms. The van der Waals surface area contributed by atoms with Crippen molar-refractivity contribution in [3.8, 4) is 11.6 Å².